The Bertz CT molecular complexity index is 374. The van der Waals surface area contributed by atoms with Crippen molar-refractivity contribution in [3.05, 3.63) is 0 Å². The molecule has 0 aromatic rings. The van der Waals surface area contributed by atoms with Gasteiger partial charge in [0.1, 0.15) is 42.7 Å². The van der Waals surface area contributed by atoms with Crippen LogP contribution in [-0.2, 0) is 13.6 Å². The van der Waals surface area contributed by atoms with Crippen molar-refractivity contribution < 1.29 is 54.3 Å². The third kappa shape index (κ3) is 4.41. The first kappa shape index (κ1) is 18.9. The Balaban J connectivity index is 2.82. The van der Waals surface area contributed by atoms with E-state index in [1.54, 1.807) is 0 Å². The van der Waals surface area contributed by atoms with Gasteiger partial charge in [-0.2, -0.15) is 0 Å². The molecule has 0 amide bonds. The lowest BCUT2D eigenvalue weighted by atomic mass is 9.85. The smallest absolute Gasteiger partial charge is 0.388 e. The van der Waals surface area contributed by atoms with Gasteiger partial charge in [0.15, 0.2) is 6.29 Å². The van der Waals surface area contributed by atoms with Crippen molar-refractivity contribution in [2.45, 2.75) is 55.9 Å². The summed E-state index contributed by atoms with van der Waals surface area (Å²) >= 11 is 0. The lowest BCUT2D eigenvalue weighted by Crippen LogP contribution is -2.64. The fourth-order valence-corrected chi connectivity index (χ4v) is 2.78. The van der Waals surface area contributed by atoms with Gasteiger partial charge in [0.2, 0.25) is 0 Å². The van der Waals surface area contributed by atoms with Crippen LogP contribution in [0.1, 0.15) is 6.92 Å². The van der Waals surface area contributed by atoms with Crippen LogP contribution in [0.4, 0.5) is 0 Å². The molecule has 126 valence electrons. The predicted octanol–water partition coefficient (Wildman–Crippen LogP) is -3.99. The zero-order chi connectivity index (χ0) is 16.5. The highest BCUT2D eigenvalue weighted by molar-refractivity contribution is 7.47. The van der Waals surface area contributed by atoms with Crippen LogP contribution in [0.25, 0.3) is 0 Å². The van der Waals surface area contributed by atoms with Gasteiger partial charge in [-0.3, -0.25) is 9.05 Å². The third-order valence-electron chi connectivity index (χ3n) is 2.98. The van der Waals surface area contributed by atoms with E-state index in [0.717, 1.165) is 6.92 Å². The summed E-state index contributed by atoms with van der Waals surface area (Å²) in [5.41, 5.74) is 0. The van der Waals surface area contributed by atoms with E-state index in [9.17, 15) is 35.0 Å². The number of aliphatic hydroxyl groups excluding tert-OH is 7. The van der Waals surface area contributed by atoms with E-state index in [1.807, 2.05) is 0 Å². The van der Waals surface area contributed by atoms with Gasteiger partial charge in [0, 0.05) is 0 Å². The van der Waals surface area contributed by atoms with Crippen LogP contribution in [0.15, 0.2) is 0 Å². The van der Waals surface area contributed by atoms with Crippen molar-refractivity contribution in [2.75, 3.05) is 0 Å². The highest BCUT2D eigenvalue weighted by atomic mass is 31.2. The Morgan fingerprint density at radius 2 is 1.29 bits per heavy atom. The van der Waals surface area contributed by atoms with Crippen molar-refractivity contribution >= 4 is 7.82 Å². The molecule has 12 heteroatoms. The molecular formula is C9H19O11P. The molecule has 0 spiro atoms. The van der Waals surface area contributed by atoms with E-state index in [2.05, 4.69) is 9.05 Å². The Morgan fingerprint density at radius 1 is 0.905 bits per heavy atom. The van der Waals surface area contributed by atoms with Crippen molar-refractivity contribution in [3.63, 3.8) is 0 Å². The summed E-state index contributed by atoms with van der Waals surface area (Å²) in [4.78, 5) is 9.35. The van der Waals surface area contributed by atoms with Crippen molar-refractivity contribution in [2.24, 2.45) is 0 Å². The largest absolute Gasteiger partial charge is 0.475 e. The minimum Gasteiger partial charge on any atom is -0.388 e. The molecule has 0 saturated heterocycles. The fourth-order valence-electron chi connectivity index (χ4n) is 1.72. The lowest BCUT2D eigenvalue weighted by molar-refractivity contribution is -0.222. The zero-order valence-corrected chi connectivity index (χ0v) is 11.8. The fraction of sp³-hybridized carbons (Fsp3) is 1.00. The Labute approximate surface area is 119 Å². The predicted molar refractivity (Wildman–Crippen MR) is 63.5 cm³/mol. The number of hydrogen-bond donors (Lipinski definition) is 8. The standard InChI is InChI=1S/C9H19O11P/c1-2(10)9(16)20-21(17,18)19-8-6(14)4(12)3(11)5(13)7(8)15/h2-16H,1H3,(H,17,18). The SMILES string of the molecule is CC(O)C(O)OP(=O)(O)OC1C(O)C(O)C(O)C(O)C1O. The van der Waals surface area contributed by atoms with Crippen LogP contribution in [-0.4, -0.2) is 89.7 Å². The van der Waals surface area contributed by atoms with Gasteiger partial charge in [-0.1, -0.05) is 0 Å². The molecule has 11 nitrogen and oxygen atoms in total. The maximum atomic E-state index is 11.6. The highest BCUT2D eigenvalue weighted by Crippen LogP contribution is 2.48. The van der Waals surface area contributed by atoms with Crippen LogP contribution in [0.5, 0.6) is 0 Å². The quantitative estimate of drug-likeness (QED) is 0.180. The van der Waals surface area contributed by atoms with Crippen molar-refractivity contribution in [1.29, 1.82) is 0 Å². The molecule has 1 aliphatic rings. The average Bonchev–Trinajstić information content (AvgIpc) is 2.38. The molecule has 1 fully saturated rings. The normalized spacial score (nSPS) is 43.1. The van der Waals surface area contributed by atoms with Crippen LogP contribution in [0, 0.1) is 0 Å². The zero-order valence-electron chi connectivity index (χ0n) is 10.9. The third-order valence-corrected chi connectivity index (χ3v) is 3.97. The summed E-state index contributed by atoms with van der Waals surface area (Å²) in [6.45, 7) is 1.05. The maximum Gasteiger partial charge on any atom is 0.475 e. The molecule has 1 rings (SSSR count). The van der Waals surface area contributed by atoms with Crippen molar-refractivity contribution in [3.8, 4) is 0 Å². The molecule has 7 unspecified atom stereocenters. The molecule has 0 aromatic heterocycles. The van der Waals surface area contributed by atoms with Gasteiger partial charge >= 0.3 is 7.82 Å². The van der Waals surface area contributed by atoms with Crippen molar-refractivity contribution in [1.82, 2.24) is 0 Å². The molecular weight excluding hydrogens is 315 g/mol. The lowest BCUT2D eigenvalue weighted by Gasteiger charge is -2.41. The number of phosphoric ester groups is 1. The van der Waals surface area contributed by atoms with Gasteiger partial charge < -0.3 is 40.6 Å². The van der Waals surface area contributed by atoms with Crippen LogP contribution in [0.2, 0.25) is 0 Å². The molecule has 1 aliphatic carbocycles. The molecule has 21 heavy (non-hydrogen) atoms. The van der Waals surface area contributed by atoms with Gasteiger partial charge in [0.05, 0.1) is 0 Å². The van der Waals surface area contributed by atoms with E-state index in [1.165, 1.54) is 0 Å². The van der Waals surface area contributed by atoms with Gasteiger partial charge in [-0.25, -0.2) is 4.57 Å². The van der Waals surface area contributed by atoms with Crippen LogP contribution >= 0.6 is 7.82 Å². The Morgan fingerprint density at radius 3 is 1.67 bits per heavy atom. The van der Waals surface area contributed by atoms with Crippen LogP contribution < -0.4 is 0 Å². The summed E-state index contributed by atoms with van der Waals surface area (Å²) in [7, 11) is -5.05. The molecule has 0 bridgehead atoms. The summed E-state index contributed by atoms with van der Waals surface area (Å²) in [5.74, 6) is 0. The van der Waals surface area contributed by atoms with Gasteiger partial charge in [0.25, 0.3) is 0 Å². The van der Waals surface area contributed by atoms with E-state index < -0.39 is 56.8 Å². The minimum atomic E-state index is -5.05. The first-order chi connectivity index (χ1) is 9.48. The molecule has 0 aliphatic heterocycles. The van der Waals surface area contributed by atoms with Gasteiger partial charge in [-0.05, 0) is 6.92 Å². The van der Waals surface area contributed by atoms with E-state index in [-0.39, 0.29) is 0 Å². The molecule has 7 atom stereocenters. The van der Waals surface area contributed by atoms with E-state index in [4.69, 9.17) is 10.2 Å². The minimum absolute atomic E-state index is 1.05. The second-order valence-electron chi connectivity index (χ2n) is 4.73. The Kier molecular flexibility index (Phi) is 6.24. The second-order valence-corrected chi connectivity index (χ2v) is 6.09. The number of phosphoric acid groups is 1. The first-order valence-electron chi connectivity index (χ1n) is 5.94. The number of hydrogen-bond acceptors (Lipinski definition) is 10. The van der Waals surface area contributed by atoms with E-state index >= 15 is 0 Å². The topological polar surface area (TPSA) is 197 Å². The molecule has 8 N–H and O–H groups in total. The first-order valence-corrected chi connectivity index (χ1v) is 7.43. The molecule has 0 heterocycles. The number of aliphatic hydroxyl groups is 7. The summed E-state index contributed by atoms with van der Waals surface area (Å²) in [6, 6.07) is 0. The number of rotatable bonds is 5. The summed E-state index contributed by atoms with van der Waals surface area (Å²) < 4.78 is 20.1. The summed E-state index contributed by atoms with van der Waals surface area (Å²) in [6.07, 6.45) is -15.4. The maximum absolute atomic E-state index is 11.6. The second kappa shape index (κ2) is 6.94. The average molecular weight is 334 g/mol. The molecule has 1 saturated carbocycles. The van der Waals surface area contributed by atoms with E-state index in [0.29, 0.717) is 0 Å². The van der Waals surface area contributed by atoms with Crippen LogP contribution in [0.3, 0.4) is 0 Å². The summed E-state index contributed by atoms with van der Waals surface area (Å²) in [5, 5.41) is 65.4. The molecule has 0 aromatic carbocycles. The monoisotopic (exact) mass is 334 g/mol. The Hall–Kier alpha value is -0.170. The molecule has 0 radical (unpaired) electrons. The highest BCUT2D eigenvalue weighted by Gasteiger charge is 2.51. The van der Waals surface area contributed by atoms with Gasteiger partial charge in [-0.15, -0.1) is 0 Å².